The smallest absolute Gasteiger partial charge is 0.331 e. The predicted molar refractivity (Wildman–Crippen MR) is 147 cm³/mol. The van der Waals surface area contributed by atoms with Crippen LogP contribution in [-0.4, -0.2) is 77.8 Å². The highest BCUT2D eigenvalue weighted by Crippen LogP contribution is 2.70. The molecule has 6 rings (SSSR count). The van der Waals surface area contributed by atoms with E-state index in [2.05, 4.69) is 13.0 Å². The van der Waals surface area contributed by atoms with Gasteiger partial charge in [0.2, 0.25) is 0 Å². The van der Waals surface area contributed by atoms with Crippen LogP contribution >= 0.6 is 0 Å². The summed E-state index contributed by atoms with van der Waals surface area (Å²) in [5, 5.41) is 35.4. The van der Waals surface area contributed by atoms with E-state index in [9.17, 15) is 25.1 Å². The van der Waals surface area contributed by atoms with Crippen molar-refractivity contribution in [3.8, 4) is 6.07 Å². The molecule has 2 heterocycles. The molecule has 2 N–H and O–H groups in total. The van der Waals surface area contributed by atoms with Crippen LogP contribution in [0.25, 0.3) is 0 Å². The number of carbonyl (C=O) groups is 2. The molecule has 6 aliphatic rings. The van der Waals surface area contributed by atoms with Crippen molar-refractivity contribution in [2.45, 2.75) is 127 Å². The molecule has 5 fully saturated rings. The summed E-state index contributed by atoms with van der Waals surface area (Å²) < 4.78 is 28.7. The first-order valence-electron chi connectivity index (χ1n) is 15.6. The van der Waals surface area contributed by atoms with Gasteiger partial charge < -0.3 is 33.9 Å². The van der Waals surface area contributed by atoms with Crippen LogP contribution in [0, 0.1) is 39.9 Å². The molecule has 0 radical (unpaired) electrons. The molecule has 2 aliphatic heterocycles. The molecule has 42 heavy (non-hydrogen) atoms. The van der Waals surface area contributed by atoms with Crippen LogP contribution in [0.2, 0.25) is 0 Å². The zero-order valence-electron chi connectivity index (χ0n) is 25.2. The lowest BCUT2D eigenvalue weighted by Gasteiger charge is -2.64. The second kappa shape index (κ2) is 10.6. The third-order valence-electron chi connectivity index (χ3n) is 12.3. The maximum absolute atomic E-state index is 12.4. The van der Waals surface area contributed by atoms with Gasteiger partial charge in [-0.3, -0.25) is 4.79 Å². The topological polar surface area (TPSA) is 145 Å². The minimum atomic E-state index is -1.23. The highest BCUT2D eigenvalue weighted by Gasteiger charge is 2.72. The van der Waals surface area contributed by atoms with Gasteiger partial charge in [-0.15, -0.1) is 0 Å². The van der Waals surface area contributed by atoms with Crippen LogP contribution < -0.4 is 0 Å². The van der Waals surface area contributed by atoms with E-state index in [1.54, 1.807) is 13.2 Å². The molecular weight excluding hydrogens is 542 g/mol. The zero-order valence-corrected chi connectivity index (χ0v) is 25.2. The van der Waals surface area contributed by atoms with Gasteiger partial charge in [0.1, 0.15) is 12.7 Å². The number of hydrogen-bond acceptors (Lipinski definition) is 10. The molecule has 0 aromatic carbocycles. The molecule has 4 saturated carbocycles. The van der Waals surface area contributed by atoms with Gasteiger partial charge in [0.15, 0.2) is 12.4 Å². The molecule has 0 bridgehead atoms. The van der Waals surface area contributed by atoms with Gasteiger partial charge in [-0.1, -0.05) is 6.92 Å². The Morgan fingerprint density at radius 1 is 1.12 bits per heavy atom. The number of methoxy groups -OCH3 is 1. The Kier molecular flexibility index (Phi) is 7.54. The van der Waals surface area contributed by atoms with E-state index in [0.29, 0.717) is 51.6 Å². The molecule has 232 valence electrons. The van der Waals surface area contributed by atoms with Crippen LogP contribution in [0.4, 0.5) is 0 Å². The van der Waals surface area contributed by atoms with Gasteiger partial charge in [0.05, 0.1) is 34.9 Å². The Morgan fingerprint density at radius 2 is 1.88 bits per heavy atom. The van der Waals surface area contributed by atoms with Crippen molar-refractivity contribution in [1.29, 1.82) is 5.26 Å². The number of aliphatic hydroxyl groups is 2. The Bertz CT molecular complexity index is 1180. The molecule has 12 atom stereocenters. The molecule has 0 aromatic rings. The van der Waals surface area contributed by atoms with E-state index in [1.807, 2.05) is 6.92 Å². The van der Waals surface area contributed by atoms with E-state index in [0.717, 1.165) is 24.8 Å². The highest BCUT2D eigenvalue weighted by atomic mass is 16.7. The summed E-state index contributed by atoms with van der Waals surface area (Å²) in [6.07, 6.45) is 5.16. The van der Waals surface area contributed by atoms with Crippen molar-refractivity contribution in [3.63, 3.8) is 0 Å². The van der Waals surface area contributed by atoms with Gasteiger partial charge in [-0.05, 0) is 81.6 Å². The van der Waals surface area contributed by atoms with Gasteiger partial charge in [0.25, 0.3) is 0 Å². The van der Waals surface area contributed by atoms with Gasteiger partial charge in [0, 0.05) is 38.4 Å². The number of carbonyl (C=O) groups excluding carboxylic acids is 2. The number of hydrogen-bond donors (Lipinski definition) is 2. The molecule has 4 aliphatic carbocycles. The Labute approximate surface area is 247 Å². The number of rotatable bonds is 5. The average Bonchev–Trinajstić information content (AvgIpc) is 3.48. The molecule has 10 nitrogen and oxygen atoms in total. The first kappa shape index (κ1) is 30.0. The molecule has 10 heteroatoms. The quantitative estimate of drug-likeness (QED) is 0.363. The highest BCUT2D eigenvalue weighted by molar-refractivity contribution is 5.85. The summed E-state index contributed by atoms with van der Waals surface area (Å²) in [6.45, 7) is 5.64. The fraction of sp³-hybridized carbons (Fsp3) is 0.844. The Hall–Kier alpha value is -2.03. The van der Waals surface area contributed by atoms with Crippen molar-refractivity contribution < 1.29 is 43.5 Å². The lowest BCUT2D eigenvalue weighted by Crippen LogP contribution is -2.68. The molecule has 0 spiro atoms. The molecule has 0 unspecified atom stereocenters. The van der Waals surface area contributed by atoms with Crippen molar-refractivity contribution >= 4 is 11.9 Å². The molecule has 0 aromatic heterocycles. The van der Waals surface area contributed by atoms with E-state index in [1.165, 1.54) is 6.92 Å². The number of ether oxygens (including phenoxy) is 5. The summed E-state index contributed by atoms with van der Waals surface area (Å²) >= 11 is 0. The second-order valence-electron chi connectivity index (χ2n) is 14.0. The van der Waals surface area contributed by atoms with Gasteiger partial charge in [-0.2, -0.15) is 5.26 Å². The summed E-state index contributed by atoms with van der Waals surface area (Å²) in [6, 6.07) is 2.62. The summed E-state index contributed by atoms with van der Waals surface area (Å²) in [5.74, 6) is -0.844. The largest absolute Gasteiger partial charge is 0.458 e. The van der Waals surface area contributed by atoms with Crippen LogP contribution in [0.1, 0.15) is 85.0 Å². The monoisotopic (exact) mass is 587 g/mol. The standard InChI is InChI=1S/C32H45NO9/c1-18-28(41-19(2)34)25(38-4)14-27(40-18)42-21-5-10-30(17-33)23-6-9-29(3)22(20-13-26(35)39-16-20)8-12-32(29,37)24(23)7-11-31(30,36)15-21/h13,18,21-25,27-28,36-37H,5-12,14-16H2,1-4H3/t18-,21+,22-,23+,24-,25-,27+,28-,29-,30+,31+,32+/m1/s1. The summed E-state index contributed by atoms with van der Waals surface area (Å²) in [7, 11) is 1.58. The third kappa shape index (κ3) is 4.37. The maximum atomic E-state index is 12.4. The fourth-order valence-electron chi connectivity index (χ4n) is 10.3. The van der Waals surface area contributed by atoms with Crippen molar-refractivity contribution in [2.24, 2.45) is 28.6 Å². The first-order chi connectivity index (χ1) is 19.9. The zero-order chi connectivity index (χ0) is 30.1. The minimum Gasteiger partial charge on any atom is -0.458 e. The summed E-state index contributed by atoms with van der Waals surface area (Å²) in [5.41, 5.74) is -2.59. The summed E-state index contributed by atoms with van der Waals surface area (Å²) in [4.78, 5) is 23.4. The SMILES string of the molecule is CO[C@@H]1C[C@H](O[C@H]2CC[C@]3(C#N)[C@H]4CC[C@]5(C)[C@@H](C6=CC(=O)OC6)CC[C@]5(O)[C@@H]4CC[C@]3(O)C2)O[C@H](C)[C@H]1OC(C)=O. The second-order valence-corrected chi connectivity index (χ2v) is 14.0. The number of nitriles is 1. The number of cyclic esters (lactones) is 1. The lowest BCUT2D eigenvalue weighted by molar-refractivity contribution is -0.288. The van der Waals surface area contributed by atoms with Crippen LogP contribution in [0.3, 0.4) is 0 Å². The van der Waals surface area contributed by atoms with Crippen LogP contribution in [0.5, 0.6) is 0 Å². The van der Waals surface area contributed by atoms with Crippen molar-refractivity contribution in [3.05, 3.63) is 11.6 Å². The van der Waals surface area contributed by atoms with Gasteiger partial charge >= 0.3 is 11.9 Å². The van der Waals surface area contributed by atoms with Crippen LogP contribution in [0.15, 0.2) is 11.6 Å². The number of nitrogens with zero attached hydrogens (tertiary/aromatic N) is 1. The minimum absolute atomic E-state index is 0.0761. The number of fused-ring (bicyclic) bond motifs is 5. The Morgan fingerprint density at radius 3 is 2.55 bits per heavy atom. The van der Waals surface area contributed by atoms with E-state index < -0.39 is 46.5 Å². The van der Waals surface area contributed by atoms with Crippen molar-refractivity contribution in [2.75, 3.05) is 13.7 Å². The molecule has 1 saturated heterocycles. The third-order valence-corrected chi connectivity index (χ3v) is 12.3. The van der Waals surface area contributed by atoms with Crippen molar-refractivity contribution in [1.82, 2.24) is 0 Å². The Balaban J connectivity index is 1.18. The molecule has 0 amide bonds. The van der Waals surface area contributed by atoms with Crippen LogP contribution in [-0.2, 0) is 33.3 Å². The average molecular weight is 588 g/mol. The van der Waals surface area contributed by atoms with E-state index >= 15 is 0 Å². The number of esters is 2. The lowest BCUT2D eigenvalue weighted by atomic mass is 9.41. The van der Waals surface area contributed by atoms with E-state index in [4.69, 9.17) is 23.7 Å². The predicted octanol–water partition coefficient (Wildman–Crippen LogP) is 3.33. The molecular formula is C32H45NO9. The first-order valence-corrected chi connectivity index (χ1v) is 15.6. The maximum Gasteiger partial charge on any atom is 0.331 e. The normalized spacial score (nSPS) is 50.0. The van der Waals surface area contributed by atoms with E-state index in [-0.39, 0.29) is 35.9 Å². The van der Waals surface area contributed by atoms with Gasteiger partial charge in [-0.25, -0.2) is 4.79 Å². The fourth-order valence-corrected chi connectivity index (χ4v) is 10.3.